The monoisotopic (exact) mass is 177 g/mol. The van der Waals surface area contributed by atoms with Gasteiger partial charge in [-0.05, 0) is 17.7 Å². The van der Waals surface area contributed by atoms with Crippen molar-refractivity contribution in [1.29, 1.82) is 0 Å². The average molecular weight is 177 g/mol. The maximum atomic E-state index is 11.0. The number of nitrogens with two attached hydrogens (primary N) is 1. The molecule has 4 nitrogen and oxygen atoms in total. The first-order chi connectivity index (χ1) is 6.25. The van der Waals surface area contributed by atoms with Crippen molar-refractivity contribution >= 4 is 11.7 Å². The molecule has 0 radical (unpaired) electrons. The number of amides is 1. The van der Waals surface area contributed by atoms with Gasteiger partial charge in [-0.25, -0.2) is 4.98 Å². The summed E-state index contributed by atoms with van der Waals surface area (Å²) in [6, 6.07) is 3.73. The summed E-state index contributed by atoms with van der Waals surface area (Å²) in [6.07, 6.45) is 2.23. The van der Waals surface area contributed by atoms with E-state index in [4.69, 9.17) is 5.73 Å². The molecule has 1 atom stereocenters. The quantitative estimate of drug-likeness (QED) is 0.646. The summed E-state index contributed by atoms with van der Waals surface area (Å²) >= 11 is 0. The van der Waals surface area contributed by atoms with Crippen LogP contribution < -0.4 is 11.1 Å². The smallest absolute Gasteiger partial charge is 0.220 e. The Morgan fingerprint density at radius 2 is 2.46 bits per heavy atom. The van der Waals surface area contributed by atoms with Crippen LogP contribution in [0.15, 0.2) is 18.3 Å². The third-order valence-electron chi connectivity index (χ3n) is 2.25. The molecule has 1 amide bonds. The lowest BCUT2D eigenvalue weighted by molar-refractivity contribution is -0.119. The SMILES string of the molecule is Nc1cc(C2CNC(=O)C2)ccn1. The highest BCUT2D eigenvalue weighted by molar-refractivity contribution is 5.79. The van der Waals surface area contributed by atoms with Gasteiger partial charge in [0.15, 0.2) is 0 Å². The number of nitrogens with one attached hydrogen (secondary N) is 1. The molecule has 1 aliphatic heterocycles. The molecule has 0 saturated carbocycles. The molecule has 68 valence electrons. The number of rotatable bonds is 1. The third kappa shape index (κ3) is 1.61. The molecule has 3 N–H and O–H groups in total. The predicted molar refractivity (Wildman–Crippen MR) is 49.0 cm³/mol. The van der Waals surface area contributed by atoms with Crippen molar-refractivity contribution in [1.82, 2.24) is 10.3 Å². The molecule has 4 heteroatoms. The van der Waals surface area contributed by atoms with Crippen LogP contribution in [0, 0.1) is 0 Å². The maximum absolute atomic E-state index is 11.0. The molecule has 1 aromatic rings. The average Bonchev–Trinajstić information content (AvgIpc) is 2.52. The number of hydrogen-bond acceptors (Lipinski definition) is 3. The van der Waals surface area contributed by atoms with Gasteiger partial charge in [-0.15, -0.1) is 0 Å². The Hall–Kier alpha value is -1.58. The zero-order chi connectivity index (χ0) is 9.26. The highest BCUT2D eigenvalue weighted by atomic mass is 16.1. The molecule has 1 unspecified atom stereocenters. The normalized spacial score (nSPS) is 21.5. The minimum atomic E-state index is 0.111. The van der Waals surface area contributed by atoms with E-state index in [1.807, 2.05) is 12.1 Å². The molecule has 13 heavy (non-hydrogen) atoms. The van der Waals surface area contributed by atoms with E-state index in [1.54, 1.807) is 6.20 Å². The standard InChI is InChI=1S/C9H11N3O/c10-8-3-6(1-2-11-8)7-4-9(13)12-5-7/h1-3,7H,4-5H2,(H2,10,11)(H,12,13). The van der Waals surface area contributed by atoms with Gasteiger partial charge < -0.3 is 11.1 Å². The van der Waals surface area contributed by atoms with E-state index in [-0.39, 0.29) is 11.8 Å². The zero-order valence-corrected chi connectivity index (χ0v) is 7.16. The summed E-state index contributed by atoms with van der Waals surface area (Å²) in [5.41, 5.74) is 6.63. The molecule has 2 heterocycles. The molecular weight excluding hydrogens is 166 g/mol. The highest BCUT2D eigenvalue weighted by Gasteiger charge is 2.22. The van der Waals surface area contributed by atoms with E-state index in [0.717, 1.165) is 5.56 Å². The topological polar surface area (TPSA) is 68.0 Å². The number of anilines is 1. The van der Waals surface area contributed by atoms with Crippen LogP contribution in [-0.2, 0) is 4.79 Å². The second kappa shape index (κ2) is 3.05. The molecule has 0 aromatic carbocycles. The number of pyridine rings is 1. The van der Waals surface area contributed by atoms with Crippen molar-refractivity contribution in [2.75, 3.05) is 12.3 Å². The fraction of sp³-hybridized carbons (Fsp3) is 0.333. The van der Waals surface area contributed by atoms with Crippen LogP contribution in [0.25, 0.3) is 0 Å². The number of carbonyl (C=O) groups excluding carboxylic acids is 1. The first-order valence-corrected chi connectivity index (χ1v) is 4.24. The van der Waals surface area contributed by atoms with Crippen LogP contribution in [0.3, 0.4) is 0 Å². The van der Waals surface area contributed by atoms with Crippen LogP contribution in [0.4, 0.5) is 5.82 Å². The first-order valence-electron chi connectivity index (χ1n) is 4.24. The second-order valence-corrected chi connectivity index (χ2v) is 3.22. The molecule has 1 aromatic heterocycles. The predicted octanol–water partition coefficient (Wildman–Crippen LogP) is 0.267. The van der Waals surface area contributed by atoms with E-state index in [2.05, 4.69) is 10.3 Å². The minimum Gasteiger partial charge on any atom is -0.384 e. The van der Waals surface area contributed by atoms with Crippen LogP contribution in [0.5, 0.6) is 0 Å². The van der Waals surface area contributed by atoms with Gasteiger partial charge in [-0.3, -0.25) is 4.79 Å². The van der Waals surface area contributed by atoms with Crippen molar-refractivity contribution in [2.45, 2.75) is 12.3 Å². The first kappa shape index (κ1) is 8.04. The third-order valence-corrected chi connectivity index (χ3v) is 2.25. The Kier molecular flexibility index (Phi) is 1.88. The van der Waals surface area contributed by atoms with Gasteiger partial charge in [0.05, 0.1) is 0 Å². The van der Waals surface area contributed by atoms with Crippen molar-refractivity contribution in [3.63, 3.8) is 0 Å². The van der Waals surface area contributed by atoms with E-state index in [0.29, 0.717) is 18.8 Å². The number of hydrogen-bond donors (Lipinski definition) is 2. The molecule has 0 spiro atoms. The van der Waals surface area contributed by atoms with Gasteiger partial charge in [0, 0.05) is 25.1 Å². The van der Waals surface area contributed by atoms with E-state index in [9.17, 15) is 4.79 Å². The number of nitrogen functional groups attached to an aromatic ring is 1. The Morgan fingerprint density at radius 1 is 1.62 bits per heavy atom. The minimum absolute atomic E-state index is 0.111. The summed E-state index contributed by atoms with van der Waals surface area (Å²) in [6.45, 7) is 0.711. The van der Waals surface area contributed by atoms with Gasteiger partial charge in [-0.2, -0.15) is 0 Å². The molecule has 2 rings (SSSR count). The van der Waals surface area contributed by atoms with Gasteiger partial charge in [0.1, 0.15) is 5.82 Å². The van der Waals surface area contributed by atoms with Gasteiger partial charge in [0.2, 0.25) is 5.91 Å². The summed E-state index contributed by atoms with van der Waals surface area (Å²) in [4.78, 5) is 14.9. The zero-order valence-electron chi connectivity index (χ0n) is 7.16. The fourth-order valence-electron chi connectivity index (χ4n) is 1.56. The highest BCUT2D eigenvalue weighted by Crippen LogP contribution is 2.23. The van der Waals surface area contributed by atoms with E-state index >= 15 is 0 Å². The Balaban J connectivity index is 2.21. The molecule has 0 aliphatic carbocycles. The Morgan fingerprint density at radius 3 is 3.08 bits per heavy atom. The largest absolute Gasteiger partial charge is 0.384 e. The van der Waals surface area contributed by atoms with Crippen molar-refractivity contribution in [3.05, 3.63) is 23.9 Å². The lowest BCUT2D eigenvalue weighted by Gasteiger charge is -2.06. The van der Waals surface area contributed by atoms with Crippen LogP contribution >= 0.6 is 0 Å². The van der Waals surface area contributed by atoms with Crippen molar-refractivity contribution in [3.8, 4) is 0 Å². The van der Waals surface area contributed by atoms with Crippen molar-refractivity contribution in [2.24, 2.45) is 0 Å². The second-order valence-electron chi connectivity index (χ2n) is 3.22. The lowest BCUT2D eigenvalue weighted by atomic mass is 9.99. The van der Waals surface area contributed by atoms with Crippen LogP contribution in [0.2, 0.25) is 0 Å². The summed E-state index contributed by atoms with van der Waals surface area (Å²) in [5.74, 6) is 0.884. The molecule has 0 bridgehead atoms. The van der Waals surface area contributed by atoms with Crippen molar-refractivity contribution < 1.29 is 4.79 Å². The summed E-state index contributed by atoms with van der Waals surface area (Å²) in [7, 11) is 0. The summed E-state index contributed by atoms with van der Waals surface area (Å²) in [5, 5.41) is 2.79. The van der Waals surface area contributed by atoms with Gasteiger partial charge >= 0.3 is 0 Å². The number of aromatic nitrogens is 1. The van der Waals surface area contributed by atoms with Gasteiger partial charge in [-0.1, -0.05) is 0 Å². The number of carbonyl (C=O) groups is 1. The lowest BCUT2D eigenvalue weighted by Crippen LogP contribution is -2.13. The molecule has 1 aliphatic rings. The van der Waals surface area contributed by atoms with Crippen LogP contribution in [-0.4, -0.2) is 17.4 Å². The molecule has 1 fully saturated rings. The van der Waals surface area contributed by atoms with Gasteiger partial charge in [0.25, 0.3) is 0 Å². The number of nitrogens with zero attached hydrogens (tertiary/aromatic N) is 1. The molecule has 1 saturated heterocycles. The molecular formula is C9H11N3O. The Bertz CT molecular complexity index is 337. The van der Waals surface area contributed by atoms with E-state index in [1.165, 1.54) is 0 Å². The maximum Gasteiger partial charge on any atom is 0.220 e. The van der Waals surface area contributed by atoms with Crippen LogP contribution in [0.1, 0.15) is 17.9 Å². The Labute approximate surface area is 76.2 Å². The fourth-order valence-corrected chi connectivity index (χ4v) is 1.56. The summed E-state index contributed by atoms with van der Waals surface area (Å²) < 4.78 is 0. The van der Waals surface area contributed by atoms with E-state index < -0.39 is 0 Å².